The van der Waals surface area contributed by atoms with Crippen molar-refractivity contribution in [3.05, 3.63) is 0 Å². The summed E-state index contributed by atoms with van der Waals surface area (Å²) in [6.45, 7) is -1.14. The van der Waals surface area contributed by atoms with E-state index in [9.17, 15) is 22.8 Å². The van der Waals surface area contributed by atoms with Crippen LogP contribution in [0.15, 0.2) is 0 Å². The maximum atomic E-state index is 12.5. The third kappa shape index (κ3) is 3.93. The zero-order valence-electron chi connectivity index (χ0n) is 8.58. The minimum absolute atomic E-state index is 0.277. The Bertz CT molecular complexity index is 342. The highest BCUT2D eigenvalue weighted by atomic mass is 32.1. The molecular weight excluding hydrogens is 259 g/mol. The van der Waals surface area contributed by atoms with E-state index in [0.717, 1.165) is 4.90 Å². The van der Waals surface area contributed by atoms with Crippen LogP contribution in [-0.2, 0) is 9.59 Å². The molecule has 0 saturated carbocycles. The molecule has 1 heterocycles. The largest absolute Gasteiger partial charge is 0.399 e. The molecule has 1 unspecified atom stereocenters. The Balaban J connectivity index is 2.71. The van der Waals surface area contributed by atoms with E-state index in [4.69, 9.17) is 5.73 Å². The third-order valence-electron chi connectivity index (χ3n) is 2.19. The molecule has 2 amide bonds. The molecule has 96 valence electrons. The fraction of sp³-hybridized carbons (Fsp3) is 0.625. The number of rotatable bonds is 3. The summed E-state index contributed by atoms with van der Waals surface area (Å²) in [5, 5.41) is 1.99. The van der Waals surface area contributed by atoms with Crippen LogP contribution in [0.2, 0.25) is 0 Å². The van der Waals surface area contributed by atoms with Gasteiger partial charge in [0.25, 0.3) is 0 Å². The van der Waals surface area contributed by atoms with Crippen molar-refractivity contribution in [1.82, 2.24) is 10.2 Å². The zero-order chi connectivity index (χ0) is 13.2. The fourth-order valence-electron chi connectivity index (χ4n) is 1.44. The van der Waals surface area contributed by atoms with Crippen LogP contribution in [0.3, 0.4) is 0 Å². The number of thiocarbonyl (C=S) groups is 1. The lowest BCUT2D eigenvalue weighted by molar-refractivity contribution is -0.162. The molecule has 0 aromatic heterocycles. The van der Waals surface area contributed by atoms with Gasteiger partial charge in [0.05, 0.1) is 18.1 Å². The molecule has 1 saturated heterocycles. The molecule has 9 heteroatoms. The summed E-state index contributed by atoms with van der Waals surface area (Å²) in [5.74, 6) is -3.29. The number of piperazine rings is 1. The smallest absolute Gasteiger partial charge is 0.393 e. The van der Waals surface area contributed by atoms with Crippen molar-refractivity contribution in [3.8, 4) is 0 Å². The van der Waals surface area contributed by atoms with E-state index in [1.54, 1.807) is 0 Å². The zero-order valence-corrected chi connectivity index (χ0v) is 9.40. The topological polar surface area (TPSA) is 75.4 Å². The van der Waals surface area contributed by atoms with Crippen molar-refractivity contribution < 1.29 is 22.8 Å². The maximum Gasteiger partial charge on any atom is 0.399 e. The monoisotopic (exact) mass is 269 g/mol. The number of carbonyl (C=O) groups is 2. The summed E-state index contributed by atoms with van der Waals surface area (Å²) in [5.41, 5.74) is 5.01. The van der Waals surface area contributed by atoms with E-state index in [1.807, 2.05) is 5.32 Å². The van der Waals surface area contributed by atoms with Gasteiger partial charge in [-0.05, 0) is 0 Å². The fourth-order valence-corrected chi connectivity index (χ4v) is 1.65. The molecule has 17 heavy (non-hydrogen) atoms. The molecule has 0 aromatic carbocycles. The van der Waals surface area contributed by atoms with Crippen LogP contribution in [0.4, 0.5) is 13.2 Å². The number of alkyl halides is 3. The number of hydrogen-bond acceptors (Lipinski definition) is 4. The number of hydrogen-bond donors (Lipinski definition) is 2. The number of carbonyl (C=O) groups excluding carboxylic acids is 2. The van der Waals surface area contributed by atoms with Gasteiger partial charge in [0.15, 0.2) is 0 Å². The molecule has 1 rings (SSSR count). The normalized spacial score (nSPS) is 19.9. The van der Waals surface area contributed by atoms with Gasteiger partial charge in [-0.1, -0.05) is 12.2 Å². The number of halogens is 3. The molecule has 3 N–H and O–H groups in total. The second kappa shape index (κ2) is 4.96. The van der Waals surface area contributed by atoms with E-state index >= 15 is 0 Å². The van der Waals surface area contributed by atoms with Crippen molar-refractivity contribution in [2.24, 2.45) is 11.7 Å². The van der Waals surface area contributed by atoms with Crippen molar-refractivity contribution >= 4 is 29.0 Å². The predicted molar refractivity (Wildman–Crippen MR) is 55.9 cm³/mol. The van der Waals surface area contributed by atoms with Crippen molar-refractivity contribution in [2.75, 3.05) is 19.6 Å². The lowest BCUT2D eigenvalue weighted by Gasteiger charge is -2.29. The number of imide groups is 1. The average Bonchev–Trinajstić information content (AvgIpc) is 2.10. The van der Waals surface area contributed by atoms with Gasteiger partial charge in [-0.2, -0.15) is 13.2 Å². The minimum atomic E-state index is -4.58. The molecule has 1 aliphatic heterocycles. The van der Waals surface area contributed by atoms with Gasteiger partial charge in [0, 0.05) is 6.54 Å². The van der Waals surface area contributed by atoms with Crippen LogP contribution >= 0.6 is 12.2 Å². The molecular formula is C8H10F3N3O2S. The Morgan fingerprint density at radius 1 is 1.41 bits per heavy atom. The Kier molecular flexibility index (Phi) is 4.04. The van der Waals surface area contributed by atoms with E-state index in [0.29, 0.717) is 0 Å². The van der Waals surface area contributed by atoms with Gasteiger partial charge in [-0.25, -0.2) is 0 Å². The van der Waals surface area contributed by atoms with E-state index < -0.39 is 35.4 Å². The SMILES string of the molecule is NC(=S)C(CN1CC(=O)NC(=O)C1)C(F)(F)F. The molecule has 0 spiro atoms. The number of amides is 2. The first kappa shape index (κ1) is 13.8. The van der Waals surface area contributed by atoms with Crippen LogP contribution in [-0.4, -0.2) is 47.5 Å². The van der Waals surface area contributed by atoms with Gasteiger partial charge in [0.1, 0.15) is 5.92 Å². The molecule has 0 radical (unpaired) electrons. The van der Waals surface area contributed by atoms with Crippen LogP contribution in [0.25, 0.3) is 0 Å². The Hall–Kier alpha value is -1.22. The minimum Gasteiger partial charge on any atom is -0.393 e. The van der Waals surface area contributed by atoms with Gasteiger partial charge >= 0.3 is 6.18 Å². The quantitative estimate of drug-likeness (QED) is 0.529. The molecule has 1 fully saturated rings. The van der Waals surface area contributed by atoms with Crippen LogP contribution < -0.4 is 11.1 Å². The predicted octanol–water partition coefficient (Wildman–Crippen LogP) is -0.591. The second-order valence-corrected chi connectivity index (χ2v) is 4.11. The highest BCUT2D eigenvalue weighted by Crippen LogP contribution is 2.27. The first-order chi connectivity index (χ1) is 7.70. The molecule has 0 aliphatic carbocycles. The average molecular weight is 269 g/mol. The maximum absolute atomic E-state index is 12.5. The van der Waals surface area contributed by atoms with Crippen LogP contribution in [0, 0.1) is 5.92 Å². The second-order valence-electron chi connectivity index (χ2n) is 3.64. The van der Waals surface area contributed by atoms with Crippen molar-refractivity contribution in [1.29, 1.82) is 0 Å². The van der Waals surface area contributed by atoms with E-state index in [2.05, 4.69) is 12.2 Å². The molecule has 0 aromatic rings. The number of nitrogens with zero attached hydrogens (tertiary/aromatic N) is 1. The first-order valence-corrected chi connectivity index (χ1v) is 5.02. The Morgan fingerprint density at radius 2 is 1.88 bits per heavy atom. The summed E-state index contributed by atoms with van der Waals surface area (Å²) in [6, 6.07) is 0. The lowest BCUT2D eigenvalue weighted by atomic mass is 10.1. The van der Waals surface area contributed by atoms with E-state index in [1.165, 1.54) is 0 Å². The van der Waals surface area contributed by atoms with Gasteiger partial charge in [-0.3, -0.25) is 19.8 Å². The number of nitrogens with one attached hydrogen (secondary N) is 1. The van der Waals surface area contributed by atoms with Gasteiger partial charge in [0.2, 0.25) is 11.8 Å². The highest BCUT2D eigenvalue weighted by molar-refractivity contribution is 7.80. The van der Waals surface area contributed by atoms with Crippen LogP contribution in [0.5, 0.6) is 0 Å². The third-order valence-corrected chi connectivity index (χ3v) is 2.48. The van der Waals surface area contributed by atoms with Gasteiger partial charge < -0.3 is 5.73 Å². The van der Waals surface area contributed by atoms with E-state index in [-0.39, 0.29) is 13.1 Å². The van der Waals surface area contributed by atoms with Gasteiger partial charge in [-0.15, -0.1) is 0 Å². The van der Waals surface area contributed by atoms with Crippen molar-refractivity contribution in [2.45, 2.75) is 6.18 Å². The van der Waals surface area contributed by atoms with Crippen LogP contribution in [0.1, 0.15) is 0 Å². The molecule has 1 aliphatic rings. The Morgan fingerprint density at radius 3 is 2.24 bits per heavy atom. The standard InChI is InChI=1S/C8H10F3N3O2S/c9-8(10,11)4(7(12)17)1-14-2-5(15)13-6(16)3-14/h4H,1-3H2,(H2,12,17)(H,13,15,16). The molecule has 5 nitrogen and oxygen atoms in total. The summed E-state index contributed by atoms with van der Waals surface area (Å²) >= 11 is 4.34. The molecule has 0 bridgehead atoms. The molecule has 1 atom stereocenters. The Labute approximate surface area is 100 Å². The number of nitrogens with two attached hydrogens (primary N) is 1. The highest BCUT2D eigenvalue weighted by Gasteiger charge is 2.43. The summed E-state index contributed by atoms with van der Waals surface area (Å²) in [6.07, 6.45) is -4.58. The van der Waals surface area contributed by atoms with Crippen molar-refractivity contribution in [3.63, 3.8) is 0 Å². The summed E-state index contributed by atoms with van der Waals surface area (Å²) in [7, 11) is 0. The summed E-state index contributed by atoms with van der Waals surface area (Å²) < 4.78 is 37.6. The summed E-state index contributed by atoms with van der Waals surface area (Å²) in [4.78, 5) is 22.3. The first-order valence-electron chi connectivity index (χ1n) is 4.61. The lowest BCUT2D eigenvalue weighted by Crippen LogP contribution is -2.54.